The van der Waals surface area contributed by atoms with Gasteiger partial charge in [0.05, 0.1) is 23.3 Å². The van der Waals surface area contributed by atoms with E-state index < -0.39 is 5.97 Å². The molecule has 0 aliphatic carbocycles. The highest BCUT2D eigenvalue weighted by Crippen LogP contribution is 2.38. The number of hydrogen-bond acceptors (Lipinski definition) is 3. The Kier molecular flexibility index (Phi) is 4.59. The van der Waals surface area contributed by atoms with Crippen molar-refractivity contribution in [3.8, 4) is 22.4 Å². The summed E-state index contributed by atoms with van der Waals surface area (Å²) >= 11 is 0. The van der Waals surface area contributed by atoms with Crippen LogP contribution < -0.4 is 0 Å². The van der Waals surface area contributed by atoms with E-state index in [0.717, 1.165) is 22.4 Å². The first-order valence-corrected chi connectivity index (χ1v) is 8.28. The fourth-order valence-corrected chi connectivity index (χ4v) is 2.91. The van der Waals surface area contributed by atoms with Crippen molar-refractivity contribution < 1.29 is 14.3 Å². The number of carboxylic acids is 1. The van der Waals surface area contributed by atoms with Crippen molar-refractivity contribution in [3.05, 3.63) is 60.3 Å². The van der Waals surface area contributed by atoms with Crippen LogP contribution in [0.5, 0.6) is 0 Å². The van der Waals surface area contributed by atoms with Gasteiger partial charge >= 0.3 is 5.97 Å². The van der Waals surface area contributed by atoms with Gasteiger partial charge in [0.15, 0.2) is 0 Å². The van der Waals surface area contributed by atoms with E-state index >= 15 is 0 Å². The van der Waals surface area contributed by atoms with Crippen LogP contribution in [-0.2, 0) is 16.8 Å². The summed E-state index contributed by atoms with van der Waals surface area (Å²) in [5.74, 6) is -1.28. The van der Waals surface area contributed by atoms with Crippen LogP contribution in [0.15, 0.2) is 48.8 Å². The Morgan fingerprint density at radius 3 is 2.23 bits per heavy atom. The van der Waals surface area contributed by atoms with Gasteiger partial charge in [-0.2, -0.15) is 5.10 Å². The largest absolute Gasteiger partial charge is 0.481 e. The third-order valence-electron chi connectivity index (χ3n) is 4.00. The highest BCUT2D eigenvalue weighted by atomic mass is 19.1. The maximum atomic E-state index is 13.4. The van der Waals surface area contributed by atoms with Crippen LogP contribution in [0.25, 0.3) is 22.4 Å². The van der Waals surface area contributed by atoms with Crippen molar-refractivity contribution in [2.24, 2.45) is 0 Å². The highest BCUT2D eigenvalue weighted by molar-refractivity contribution is 5.85. The predicted octanol–water partition coefficient (Wildman–Crippen LogP) is 4.13. The molecule has 3 rings (SSSR count). The Balaban J connectivity index is 2.36. The van der Waals surface area contributed by atoms with E-state index in [1.807, 2.05) is 37.6 Å². The predicted molar refractivity (Wildman–Crippen MR) is 97.2 cm³/mol. The average Bonchev–Trinajstić information content (AvgIpc) is 2.95. The van der Waals surface area contributed by atoms with Crippen LogP contribution in [0, 0.1) is 5.82 Å². The molecule has 134 valence electrons. The molecule has 0 aliphatic rings. The van der Waals surface area contributed by atoms with Crippen LogP contribution in [0.2, 0.25) is 0 Å². The number of aliphatic carboxylic acids is 1. The normalized spacial score (nSPS) is 11.5. The molecule has 2 aromatic heterocycles. The summed E-state index contributed by atoms with van der Waals surface area (Å²) in [5, 5.41) is 14.0. The monoisotopic (exact) mass is 353 g/mol. The van der Waals surface area contributed by atoms with Crippen molar-refractivity contribution in [3.63, 3.8) is 0 Å². The first-order chi connectivity index (χ1) is 12.3. The summed E-state index contributed by atoms with van der Waals surface area (Å²) in [6, 6.07) is 9.80. The maximum Gasteiger partial charge on any atom is 0.309 e. The van der Waals surface area contributed by atoms with Gasteiger partial charge in [-0.05, 0) is 62.7 Å². The minimum Gasteiger partial charge on any atom is -0.481 e. The first kappa shape index (κ1) is 17.8. The lowest BCUT2D eigenvalue weighted by Crippen LogP contribution is -2.24. The Morgan fingerprint density at radius 2 is 1.69 bits per heavy atom. The summed E-state index contributed by atoms with van der Waals surface area (Å²) in [4.78, 5) is 15.4. The standard InChI is InChI=1S/C20H20FN3O2/c1-20(2,3)24-19(14-4-6-15(21)7-5-14)18(13-8-10-22-11-9-13)16(23-24)12-17(25)26/h4-11H,12H2,1-3H3,(H,25,26). The molecule has 0 aliphatic heterocycles. The van der Waals surface area contributed by atoms with Crippen molar-refractivity contribution in [2.45, 2.75) is 32.7 Å². The number of carbonyl (C=O) groups is 1. The minimum absolute atomic E-state index is 0.199. The number of pyridine rings is 1. The Hall–Kier alpha value is -3.02. The quantitative estimate of drug-likeness (QED) is 0.766. The van der Waals surface area contributed by atoms with E-state index in [0.29, 0.717) is 5.69 Å². The van der Waals surface area contributed by atoms with Crippen molar-refractivity contribution in [1.82, 2.24) is 14.8 Å². The lowest BCUT2D eigenvalue weighted by Gasteiger charge is -2.23. The zero-order valence-corrected chi connectivity index (χ0v) is 14.9. The number of carboxylic acid groups (broad SMARTS) is 1. The zero-order valence-electron chi connectivity index (χ0n) is 14.9. The fraction of sp³-hybridized carbons (Fsp3) is 0.250. The van der Waals surface area contributed by atoms with Gasteiger partial charge < -0.3 is 5.11 Å². The second-order valence-electron chi connectivity index (χ2n) is 7.07. The van der Waals surface area contributed by atoms with Crippen molar-refractivity contribution in [2.75, 3.05) is 0 Å². The number of aromatic nitrogens is 3. The van der Waals surface area contributed by atoms with E-state index in [1.165, 1.54) is 12.1 Å². The van der Waals surface area contributed by atoms with E-state index in [2.05, 4.69) is 10.1 Å². The molecule has 2 heterocycles. The topological polar surface area (TPSA) is 68.0 Å². The van der Waals surface area contributed by atoms with Gasteiger partial charge in [-0.25, -0.2) is 4.39 Å². The van der Waals surface area contributed by atoms with Gasteiger partial charge in [-0.15, -0.1) is 0 Å². The zero-order chi connectivity index (χ0) is 18.9. The molecule has 3 aromatic rings. The van der Waals surface area contributed by atoms with Gasteiger partial charge in [0, 0.05) is 23.5 Å². The van der Waals surface area contributed by atoms with Gasteiger partial charge in [0.1, 0.15) is 5.82 Å². The molecule has 0 atom stereocenters. The number of benzene rings is 1. The summed E-state index contributed by atoms with van der Waals surface area (Å²) in [6.45, 7) is 5.98. The molecule has 0 spiro atoms. The molecule has 0 unspecified atom stereocenters. The molecule has 0 amide bonds. The molecule has 26 heavy (non-hydrogen) atoms. The smallest absolute Gasteiger partial charge is 0.309 e. The molecule has 0 saturated carbocycles. The maximum absolute atomic E-state index is 13.4. The third-order valence-corrected chi connectivity index (χ3v) is 4.00. The number of halogens is 1. The molecule has 0 saturated heterocycles. The summed E-state index contributed by atoms with van der Waals surface area (Å²) < 4.78 is 15.2. The molecule has 0 fully saturated rings. The van der Waals surface area contributed by atoms with E-state index in [1.54, 1.807) is 24.5 Å². The van der Waals surface area contributed by atoms with Crippen LogP contribution in [0.1, 0.15) is 26.5 Å². The second-order valence-corrected chi connectivity index (χ2v) is 7.07. The van der Waals surface area contributed by atoms with Gasteiger partial charge in [0.25, 0.3) is 0 Å². The molecule has 1 aromatic carbocycles. The number of hydrogen-bond donors (Lipinski definition) is 1. The van der Waals surface area contributed by atoms with Crippen LogP contribution in [0.3, 0.4) is 0 Å². The minimum atomic E-state index is -0.954. The summed E-state index contributed by atoms with van der Waals surface area (Å²) in [6.07, 6.45) is 3.11. The number of rotatable bonds is 4. The van der Waals surface area contributed by atoms with E-state index in [-0.39, 0.29) is 17.8 Å². The molecule has 0 radical (unpaired) electrons. The van der Waals surface area contributed by atoms with Crippen LogP contribution in [-0.4, -0.2) is 25.8 Å². The third kappa shape index (κ3) is 3.49. The molecule has 5 nitrogen and oxygen atoms in total. The molecular weight excluding hydrogens is 333 g/mol. The Labute approximate surface area is 151 Å². The molecule has 1 N–H and O–H groups in total. The lowest BCUT2D eigenvalue weighted by atomic mass is 9.97. The summed E-state index contributed by atoms with van der Waals surface area (Å²) in [7, 11) is 0. The lowest BCUT2D eigenvalue weighted by molar-refractivity contribution is -0.136. The van der Waals surface area contributed by atoms with Crippen molar-refractivity contribution >= 4 is 5.97 Å². The van der Waals surface area contributed by atoms with Gasteiger partial charge in [-0.3, -0.25) is 14.5 Å². The first-order valence-electron chi connectivity index (χ1n) is 8.28. The summed E-state index contributed by atoms with van der Waals surface area (Å²) in [5.41, 5.74) is 3.18. The van der Waals surface area contributed by atoms with Crippen LogP contribution in [0.4, 0.5) is 4.39 Å². The van der Waals surface area contributed by atoms with Crippen molar-refractivity contribution in [1.29, 1.82) is 0 Å². The molecular formula is C20H20FN3O2. The van der Waals surface area contributed by atoms with E-state index in [4.69, 9.17) is 0 Å². The number of nitrogens with zero attached hydrogens (tertiary/aromatic N) is 3. The SMILES string of the molecule is CC(C)(C)n1nc(CC(=O)O)c(-c2ccncc2)c1-c1ccc(F)cc1. The van der Waals surface area contributed by atoms with Crippen LogP contribution >= 0.6 is 0 Å². The average molecular weight is 353 g/mol. The van der Waals surface area contributed by atoms with Gasteiger partial charge in [-0.1, -0.05) is 0 Å². The fourth-order valence-electron chi connectivity index (χ4n) is 2.91. The highest BCUT2D eigenvalue weighted by Gasteiger charge is 2.27. The molecule has 0 bridgehead atoms. The van der Waals surface area contributed by atoms with Gasteiger partial charge in [0.2, 0.25) is 0 Å². The Bertz CT molecular complexity index is 926. The van der Waals surface area contributed by atoms with E-state index in [9.17, 15) is 14.3 Å². The Morgan fingerprint density at radius 1 is 1.08 bits per heavy atom. The second kappa shape index (κ2) is 6.71. The molecule has 6 heteroatoms.